The summed E-state index contributed by atoms with van der Waals surface area (Å²) in [6.45, 7) is 1.03. The summed E-state index contributed by atoms with van der Waals surface area (Å²) in [5, 5.41) is 27.9. The number of carbonyl (C=O) groups is 4. The molecule has 1 aromatic heterocycles. The van der Waals surface area contributed by atoms with Gasteiger partial charge in [-0.1, -0.05) is 0 Å². The Morgan fingerprint density at radius 2 is 1.89 bits per heavy atom. The molecule has 2 heterocycles. The molecule has 3 rings (SSSR count). The van der Waals surface area contributed by atoms with Gasteiger partial charge in [0.2, 0.25) is 5.91 Å². The molecule has 186 valence electrons. The van der Waals surface area contributed by atoms with Crippen LogP contribution in [0.25, 0.3) is 0 Å². The molecule has 1 fully saturated rings. The van der Waals surface area contributed by atoms with Gasteiger partial charge in [-0.05, 0) is 62.2 Å². The molecule has 35 heavy (non-hydrogen) atoms. The molecule has 0 unspecified atom stereocenters. The van der Waals surface area contributed by atoms with Gasteiger partial charge in [-0.2, -0.15) is 0 Å². The number of carboxylic acids is 2. The third kappa shape index (κ3) is 7.11. The average molecular weight is 503 g/mol. The number of hydrogen-bond acceptors (Lipinski definition) is 8. The normalized spacial score (nSPS) is 16.4. The maximum atomic E-state index is 12.7. The number of nitrogen functional groups attached to an aromatic ring is 1. The minimum absolute atomic E-state index is 0.0848. The van der Waals surface area contributed by atoms with Crippen LogP contribution in [0.4, 0.5) is 0 Å². The highest BCUT2D eigenvalue weighted by Crippen LogP contribution is 2.25. The number of benzene rings is 1. The zero-order valence-corrected chi connectivity index (χ0v) is 19.5. The Morgan fingerprint density at radius 3 is 2.51 bits per heavy atom. The maximum Gasteiger partial charge on any atom is 0.353 e. The van der Waals surface area contributed by atoms with Crippen molar-refractivity contribution < 1.29 is 34.1 Å². The van der Waals surface area contributed by atoms with Crippen LogP contribution in [0.5, 0.6) is 5.75 Å². The number of thiophene rings is 1. The highest BCUT2D eigenvalue weighted by Gasteiger charge is 2.33. The third-order valence-electron chi connectivity index (χ3n) is 5.53. The number of aliphatic carboxylic acids is 2. The number of hydrogen-bond donors (Lipinski definition) is 5. The van der Waals surface area contributed by atoms with Gasteiger partial charge in [0.25, 0.3) is 0 Å². The van der Waals surface area contributed by atoms with Crippen LogP contribution in [0.2, 0.25) is 0 Å². The van der Waals surface area contributed by atoms with Crippen LogP contribution in [-0.4, -0.2) is 63.4 Å². The Kier molecular flexibility index (Phi) is 8.55. The van der Waals surface area contributed by atoms with Gasteiger partial charge in [0.05, 0.1) is 6.04 Å². The minimum atomic E-state index is -1.28. The van der Waals surface area contributed by atoms with E-state index >= 15 is 0 Å². The summed E-state index contributed by atoms with van der Waals surface area (Å²) in [5.74, 6) is -3.16. The van der Waals surface area contributed by atoms with Gasteiger partial charge in [-0.25, -0.2) is 9.59 Å². The number of nitrogens with two attached hydrogens (primary N) is 1. The zero-order valence-electron chi connectivity index (χ0n) is 18.7. The molecule has 1 amide bonds. The first-order valence-corrected chi connectivity index (χ1v) is 11.7. The average Bonchev–Trinajstić information content (AvgIpc) is 3.46. The molecule has 0 bridgehead atoms. The van der Waals surface area contributed by atoms with Crippen LogP contribution >= 0.6 is 11.3 Å². The second-order valence-corrected chi connectivity index (χ2v) is 9.22. The number of ether oxygens (including phenoxy) is 1. The Labute approximate surface area is 205 Å². The van der Waals surface area contributed by atoms with Gasteiger partial charge in [-0.3, -0.25) is 19.9 Å². The Morgan fingerprint density at radius 1 is 1.17 bits per heavy atom. The number of amidine groups is 1. The second kappa shape index (κ2) is 11.6. The lowest BCUT2D eigenvalue weighted by atomic mass is 10.1. The first-order chi connectivity index (χ1) is 16.6. The summed E-state index contributed by atoms with van der Waals surface area (Å²) in [6, 6.07) is 7.88. The van der Waals surface area contributed by atoms with Gasteiger partial charge >= 0.3 is 17.9 Å². The lowest BCUT2D eigenvalue weighted by Crippen LogP contribution is -2.49. The van der Waals surface area contributed by atoms with Gasteiger partial charge in [0.1, 0.15) is 22.5 Å². The van der Waals surface area contributed by atoms with Crippen molar-refractivity contribution in [3.8, 4) is 5.75 Å². The van der Waals surface area contributed by atoms with Crippen molar-refractivity contribution in [2.75, 3.05) is 6.54 Å². The van der Waals surface area contributed by atoms with Crippen LogP contribution in [0.1, 0.15) is 45.8 Å². The lowest BCUT2D eigenvalue weighted by molar-refractivity contribution is -0.143. The van der Waals surface area contributed by atoms with Crippen molar-refractivity contribution >= 4 is 41.0 Å². The van der Waals surface area contributed by atoms with Gasteiger partial charge in [0.15, 0.2) is 0 Å². The molecule has 1 saturated heterocycles. The number of nitrogens with one attached hydrogen (secondary N) is 2. The number of nitrogens with zero attached hydrogens (tertiary/aromatic N) is 1. The van der Waals surface area contributed by atoms with Crippen molar-refractivity contribution in [3.63, 3.8) is 0 Å². The highest BCUT2D eigenvalue weighted by molar-refractivity contribution is 7.13. The molecule has 0 saturated carbocycles. The topological polar surface area (TPSA) is 183 Å². The molecule has 0 spiro atoms. The first-order valence-electron chi connectivity index (χ1n) is 10.9. The Balaban J connectivity index is 1.58. The molecule has 1 aliphatic heterocycles. The third-order valence-corrected chi connectivity index (χ3v) is 6.58. The fourth-order valence-corrected chi connectivity index (χ4v) is 4.65. The molecule has 0 radical (unpaired) electrons. The Hall–Kier alpha value is -3.77. The largest absolute Gasteiger partial charge is 0.481 e. The molecule has 1 aliphatic rings. The van der Waals surface area contributed by atoms with E-state index in [1.807, 2.05) is 4.90 Å². The SMILES string of the molecule is N=C(N)c1ccc(OC(=O)c2ccc(CN3CCC[C@H]3C(=O)N[C@@H](CCC(=O)O)C(=O)O)s2)cc1. The van der Waals surface area contributed by atoms with Crippen molar-refractivity contribution in [2.45, 2.75) is 44.3 Å². The van der Waals surface area contributed by atoms with E-state index in [0.29, 0.717) is 35.7 Å². The summed E-state index contributed by atoms with van der Waals surface area (Å²) in [7, 11) is 0. The van der Waals surface area contributed by atoms with Gasteiger partial charge in [-0.15, -0.1) is 11.3 Å². The smallest absolute Gasteiger partial charge is 0.353 e. The van der Waals surface area contributed by atoms with Gasteiger partial charge < -0.3 is 26.0 Å². The van der Waals surface area contributed by atoms with Crippen molar-refractivity contribution in [3.05, 3.63) is 51.7 Å². The van der Waals surface area contributed by atoms with Crippen molar-refractivity contribution in [1.82, 2.24) is 10.2 Å². The van der Waals surface area contributed by atoms with Crippen LogP contribution in [0.15, 0.2) is 36.4 Å². The Bertz CT molecular complexity index is 1120. The first kappa shape index (κ1) is 25.8. The fourth-order valence-electron chi connectivity index (χ4n) is 3.74. The quantitative estimate of drug-likeness (QED) is 0.132. The molecule has 0 aliphatic carbocycles. The van der Waals surface area contributed by atoms with Crippen molar-refractivity contribution in [2.24, 2.45) is 5.73 Å². The number of likely N-dealkylation sites (tertiary alicyclic amines) is 1. The zero-order chi connectivity index (χ0) is 25.5. The number of carbonyl (C=O) groups excluding carboxylic acids is 2. The second-order valence-electron chi connectivity index (χ2n) is 8.05. The van der Waals surface area contributed by atoms with Gasteiger partial charge in [0, 0.05) is 23.4 Å². The molecule has 1 aromatic carbocycles. The van der Waals surface area contributed by atoms with E-state index in [2.05, 4.69) is 5.32 Å². The fraction of sp³-hybridized carbons (Fsp3) is 0.348. The summed E-state index contributed by atoms with van der Waals surface area (Å²) >= 11 is 1.24. The van der Waals surface area contributed by atoms with Crippen LogP contribution in [-0.2, 0) is 20.9 Å². The van der Waals surface area contributed by atoms with E-state index < -0.39 is 35.9 Å². The summed E-state index contributed by atoms with van der Waals surface area (Å²) in [5.41, 5.74) is 5.93. The minimum Gasteiger partial charge on any atom is -0.481 e. The van der Waals surface area contributed by atoms with E-state index in [0.717, 1.165) is 11.3 Å². The molecular formula is C23H26N4O7S. The molecule has 2 atom stereocenters. The van der Waals surface area contributed by atoms with E-state index in [1.165, 1.54) is 11.3 Å². The number of esters is 1. The summed E-state index contributed by atoms with van der Waals surface area (Å²) in [6.07, 6.45) is 0.743. The van der Waals surface area contributed by atoms with Crippen LogP contribution in [0.3, 0.4) is 0 Å². The van der Waals surface area contributed by atoms with Crippen LogP contribution in [0, 0.1) is 5.41 Å². The molecular weight excluding hydrogens is 476 g/mol. The monoisotopic (exact) mass is 502 g/mol. The van der Waals surface area contributed by atoms with E-state index in [4.69, 9.17) is 21.0 Å². The molecule has 11 nitrogen and oxygen atoms in total. The maximum absolute atomic E-state index is 12.7. The van der Waals surface area contributed by atoms with E-state index in [1.54, 1.807) is 36.4 Å². The van der Waals surface area contributed by atoms with E-state index in [9.17, 15) is 24.3 Å². The molecule has 12 heteroatoms. The molecule has 6 N–H and O–H groups in total. The molecule has 2 aromatic rings. The lowest BCUT2D eigenvalue weighted by Gasteiger charge is -2.24. The van der Waals surface area contributed by atoms with Crippen molar-refractivity contribution in [1.29, 1.82) is 5.41 Å². The standard InChI is InChI=1S/C23H26N4O7S/c24-20(25)13-3-5-14(6-4-13)34-23(33)18-9-7-15(35-18)12-27-11-1-2-17(27)21(30)26-16(22(31)32)8-10-19(28)29/h3-7,9,16-17H,1-2,8,10-12H2,(H3,24,25)(H,26,30)(H,28,29)(H,31,32)/t16-,17-/m0/s1. The predicted molar refractivity (Wildman–Crippen MR) is 127 cm³/mol. The summed E-state index contributed by atoms with van der Waals surface area (Å²) < 4.78 is 5.37. The number of rotatable bonds is 11. The van der Waals surface area contributed by atoms with Crippen LogP contribution < -0.4 is 15.8 Å². The number of carboxylic acid groups (broad SMARTS) is 2. The number of amides is 1. The predicted octanol–water partition coefficient (Wildman–Crippen LogP) is 1.65. The summed E-state index contributed by atoms with van der Waals surface area (Å²) in [4.78, 5) is 50.5. The highest BCUT2D eigenvalue weighted by atomic mass is 32.1. The van der Waals surface area contributed by atoms with E-state index in [-0.39, 0.29) is 18.7 Å².